The SMILES string of the molecule is O=C(O)[C@H]1CC=CC[C@@H]1C(=O)C(Cl)(Cl)Cl. The third-order valence-electron chi connectivity index (χ3n) is 2.37. The van der Waals surface area contributed by atoms with Crippen molar-refractivity contribution < 1.29 is 14.7 Å². The molecule has 0 radical (unpaired) electrons. The fourth-order valence-electron chi connectivity index (χ4n) is 1.59. The number of halogens is 3. The second kappa shape index (κ2) is 4.73. The molecule has 0 aliphatic heterocycles. The van der Waals surface area contributed by atoms with Gasteiger partial charge in [-0.3, -0.25) is 9.59 Å². The number of carboxylic acid groups (broad SMARTS) is 1. The zero-order chi connectivity index (χ0) is 11.6. The molecule has 2 atom stereocenters. The first-order valence-electron chi connectivity index (χ1n) is 4.33. The number of hydrogen-bond donors (Lipinski definition) is 1. The Morgan fingerprint density at radius 1 is 1.13 bits per heavy atom. The summed E-state index contributed by atoms with van der Waals surface area (Å²) >= 11 is 16.4. The molecule has 0 aromatic carbocycles. The summed E-state index contributed by atoms with van der Waals surface area (Å²) in [5.41, 5.74) is 0. The number of ketones is 1. The van der Waals surface area contributed by atoms with Gasteiger partial charge in [0, 0.05) is 5.92 Å². The fourth-order valence-corrected chi connectivity index (χ4v) is 2.01. The third kappa shape index (κ3) is 3.10. The summed E-state index contributed by atoms with van der Waals surface area (Å²) in [6, 6.07) is 0. The van der Waals surface area contributed by atoms with Crippen LogP contribution in [0.3, 0.4) is 0 Å². The van der Waals surface area contributed by atoms with Crippen molar-refractivity contribution in [2.75, 3.05) is 0 Å². The van der Waals surface area contributed by atoms with E-state index in [4.69, 9.17) is 39.9 Å². The van der Waals surface area contributed by atoms with Gasteiger partial charge in [-0.25, -0.2) is 0 Å². The van der Waals surface area contributed by atoms with E-state index in [0.29, 0.717) is 12.8 Å². The first-order valence-corrected chi connectivity index (χ1v) is 5.46. The van der Waals surface area contributed by atoms with Gasteiger partial charge in [0.25, 0.3) is 0 Å². The maximum atomic E-state index is 11.6. The summed E-state index contributed by atoms with van der Waals surface area (Å²) in [5, 5.41) is 8.91. The van der Waals surface area contributed by atoms with E-state index in [9.17, 15) is 9.59 Å². The van der Waals surface area contributed by atoms with Crippen molar-refractivity contribution in [3.05, 3.63) is 12.2 Å². The van der Waals surface area contributed by atoms with Crippen LogP contribution < -0.4 is 0 Å². The van der Waals surface area contributed by atoms with Gasteiger partial charge in [0.05, 0.1) is 5.92 Å². The first kappa shape index (κ1) is 12.8. The van der Waals surface area contributed by atoms with Crippen molar-refractivity contribution >= 4 is 46.6 Å². The minimum Gasteiger partial charge on any atom is -0.481 e. The lowest BCUT2D eigenvalue weighted by Gasteiger charge is -2.26. The molecule has 0 unspecified atom stereocenters. The minimum atomic E-state index is -2.04. The number of Topliss-reactive ketones (excluding diaryl/α,β-unsaturated/α-hetero) is 1. The fraction of sp³-hybridized carbons (Fsp3) is 0.556. The highest BCUT2D eigenvalue weighted by atomic mass is 35.6. The van der Waals surface area contributed by atoms with Crippen molar-refractivity contribution in [2.45, 2.75) is 16.6 Å². The van der Waals surface area contributed by atoms with E-state index in [0.717, 1.165) is 0 Å². The van der Waals surface area contributed by atoms with Gasteiger partial charge in [0.15, 0.2) is 5.78 Å². The van der Waals surface area contributed by atoms with Crippen LogP contribution in [0.5, 0.6) is 0 Å². The van der Waals surface area contributed by atoms with Crippen molar-refractivity contribution in [2.24, 2.45) is 11.8 Å². The van der Waals surface area contributed by atoms with Gasteiger partial charge in [0.2, 0.25) is 3.79 Å². The van der Waals surface area contributed by atoms with Crippen LogP contribution in [0.15, 0.2) is 12.2 Å². The molecule has 0 fully saturated rings. The second-order valence-electron chi connectivity index (χ2n) is 3.36. The molecule has 6 heteroatoms. The number of aliphatic carboxylic acids is 1. The van der Waals surface area contributed by atoms with Crippen LogP contribution in [0.1, 0.15) is 12.8 Å². The summed E-state index contributed by atoms with van der Waals surface area (Å²) in [4.78, 5) is 22.5. The molecule has 1 rings (SSSR count). The smallest absolute Gasteiger partial charge is 0.307 e. The summed E-state index contributed by atoms with van der Waals surface area (Å²) in [6.07, 6.45) is 4.07. The first-order chi connectivity index (χ1) is 6.84. The summed E-state index contributed by atoms with van der Waals surface area (Å²) < 4.78 is -2.04. The zero-order valence-electron chi connectivity index (χ0n) is 7.62. The Kier molecular flexibility index (Phi) is 4.04. The molecule has 0 bridgehead atoms. The predicted molar refractivity (Wildman–Crippen MR) is 58.3 cm³/mol. The molecule has 0 aromatic heterocycles. The number of hydrogen-bond acceptors (Lipinski definition) is 2. The predicted octanol–water partition coefficient (Wildman–Crippen LogP) is 2.59. The standard InChI is InChI=1S/C9H9Cl3O3/c10-9(11,12)7(13)5-3-1-2-4-6(5)8(14)15/h1-2,5-6H,3-4H2,(H,14,15)/t5-,6-/m0/s1. The summed E-state index contributed by atoms with van der Waals surface area (Å²) in [7, 11) is 0. The van der Waals surface area contributed by atoms with E-state index < -0.39 is 27.4 Å². The molecule has 3 nitrogen and oxygen atoms in total. The normalized spacial score (nSPS) is 26.3. The average Bonchev–Trinajstić information content (AvgIpc) is 2.15. The Labute approximate surface area is 102 Å². The highest BCUT2D eigenvalue weighted by molar-refractivity contribution is 6.76. The lowest BCUT2D eigenvalue weighted by atomic mass is 9.80. The molecule has 0 spiro atoms. The molecule has 1 N–H and O–H groups in total. The second-order valence-corrected chi connectivity index (χ2v) is 5.64. The summed E-state index contributed by atoms with van der Waals surface area (Å²) in [5.74, 6) is -3.23. The molecule has 84 valence electrons. The quantitative estimate of drug-likeness (QED) is 0.620. The Morgan fingerprint density at radius 2 is 1.60 bits per heavy atom. The molecular weight excluding hydrogens is 262 g/mol. The van der Waals surface area contributed by atoms with Crippen LogP contribution in [-0.4, -0.2) is 20.7 Å². The van der Waals surface area contributed by atoms with E-state index in [1.807, 2.05) is 0 Å². The van der Waals surface area contributed by atoms with E-state index in [1.165, 1.54) is 0 Å². The Balaban J connectivity index is 2.88. The minimum absolute atomic E-state index is 0.298. The highest BCUT2D eigenvalue weighted by Crippen LogP contribution is 2.36. The number of carboxylic acids is 1. The van der Waals surface area contributed by atoms with Crippen molar-refractivity contribution in [3.63, 3.8) is 0 Å². The van der Waals surface area contributed by atoms with Crippen molar-refractivity contribution in [1.29, 1.82) is 0 Å². The zero-order valence-corrected chi connectivity index (χ0v) is 9.89. The largest absolute Gasteiger partial charge is 0.481 e. The average molecular weight is 272 g/mol. The van der Waals surface area contributed by atoms with Gasteiger partial charge >= 0.3 is 5.97 Å². The molecule has 0 saturated carbocycles. The lowest BCUT2D eigenvalue weighted by Crippen LogP contribution is -2.37. The van der Waals surface area contributed by atoms with Crippen LogP contribution in [-0.2, 0) is 9.59 Å². The van der Waals surface area contributed by atoms with Crippen LogP contribution in [0, 0.1) is 11.8 Å². The topological polar surface area (TPSA) is 54.4 Å². The summed E-state index contributed by atoms with van der Waals surface area (Å²) in [6.45, 7) is 0. The molecule has 0 heterocycles. The molecule has 0 amide bonds. The number of alkyl halides is 3. The van der Waals surface area contributed by atoms with E-state index >= 15 is 0 Å². The van der Waals surface area contributed by atoms with Crippen molar-refractivity contribution in [1.82, 2.24) is 0 Å². The van der Waals surface area contributed by atoms with Gasteiger partial charge in [-0.2, -0.15) is 0 Å². The Bertz CT molecular complexity index is 306. The monoisotopic (exact) mass is 270 g/mol. The molecular formula is C9H9Cl3O3. The maximum absolute atomic E-state index is 11.6. The van der Waals surface area contributed by atoms with Gasteiger partial charge in [0.1, 0.15) is 0 Å². The van der Waals surface area contributed by atoms with Gasteiger partial charge in [-0.15, -0.1) is 0 Å². The van der Waals surface area contributed by atoms with E-state index in [1.54, 1.807) is 12.2 Å². The van der Waals surface area contributed by atoms with E-state index in [2.05, 4.69) is 0 Å². The lowest BCUT2D eigenvalue weighted by molar-refractivity contribution is -0.146. The van der Waals surface area contributed by atoms with Gasteiger partial charge in [-0.1, -0.05) is 47.0 Å². The van der Waals surface area contributed by atoms with Gasteiger partial charge < -0.3 is 5.11 Å². The molecule has 1 aliphatic rings. The van der Waals surface area contributed by atoms with Gasteiger partial charge in [-0.05, 0) is 12.8 Å². The molecule has 1 aliphatic carbocycles. The molecule has 0 aromatic rings. The number of allylic oxidation sites excluding steroid dienone is 2. The maximum Gasteiger partial charge on any atom is 0.307 e. The van der Waals surface area contributed by atoms with Crippen LogP contribution in [0.2, 0.25) is 0 Å². The number of carbonyl (C=O) groups is 2. The van der Waals surface area contributed by atoms with E-state index in [-0.39, 0.29) is 0 Å². The third-order valence-corrected chi connectivity index (χ3v) is 2.92. The highest BCUT2D eigenvalue weighted by Gasteiger charge is 2.42. The van der Waals surface area contributed by atoms with Crippen LogP contribution >= 0.6 is 34.8 Å². The number of carbonyl (C=O) groups excluding carboxylic acids is 1. The molecule has 15 heavy (non-hydrogen) atoms. The van der Waals surface area contributed by atoms with Crippen LogP contribution in [0.25, 0.3) is 0 Å². The van der Waals surface area contributed by atoms with Crippen molar-refractivity contribution in [3.8, 4) is 0 Å². The number of rotatable bonds is 2. The van der Waals surface area contributed by atoms with Crippen LogP contribution in [0.4, 0.5) is 0 Å². The Hall–Kier alpha value is -0.250. The molecule has 0 saturated heterocycles. The Morgan fingerprint density at radius 3 is 2.00 bits per heavy atom.